The number of aliphatic hydroxyl groups excluding tert-OH is 2. The molecule has 2 rings (SSSR count). The van der Waals surface area contributed by atoms with E-state index in [0.717, 1.165) is 11.1 Å². The van der Waals surface area contributed by atoms with Crippen molar-refractivity contribution in [1.29, 1.82) is 0 Å². The third-order valence-electron chi connectivity index (χ3n) is 7.00. The maximum atomic E-state index is 13.4. The minimum Gasteiger partial charge on any atom is -0.511 e. The molecule has 0 radical (unpaired) electrons. The molecule has 0 bridgehead atoms. The standard InChI is InChI=1S/C26H38O5/c1-14(2)9-10-25(7)23(29)19(22(28)20(24(25)30)21(27)16(5)6)12-18-11-17(15(3)4)13-26(18,8)31/h9,16-18,28-29,31H,3,10-13H2,1-2,4-8H3/t17-,18+,25?,26+/m0/s1. The predicted molar refractivity (Wildman–Crippen MR) is 123 cm³/mol. The van der Waals surface area contributed by atoms with Gasteiger partial charge in [-0.15, -0.1) is 0 Å². The first-order valence-corrected chi connectivity index (χ1v) is 11.1. The summed E-state index contributed by atoms with van der Waals surface area (Å²) in [6.45, 7) is 16.5. The highest BCUT2D eigenvalue weighted by Gasteiger charge is 2.50. The van der Waals surface area contributed by atoms with E-state index in [4.69, 9.17) is 0 Å². The summed E-state index contributed by atoms with van der Waals surface area (Å²) >= 11 is 0. The highest BCUT2D eigenvalue weighted by Crippen LogP contribution is 2.49. The Hall–Kier alpha value is -2.14. The Balaban J connectivity index is 2.61. The zero-order valence-electron chi connectivity index (χ0n) is 20.0. The molecular weight excluding hydrogens is 392 g/mol. The van der Waals surface area contributed by atoms with Crippen molar-refractivity contribution in [3.63, 3.8) is 0 Å². The molecule has 0 heterocycles. The van der Waals surface area contributed by atoms with Crippen LogP contribution in [0, 0.1) is 23.2 Å². The smallest absolute Gasteiger partial charge is 0.183 e. The lowest BCUT2D eigenvalue weighted by Gasteiger charge is -2.35. The number of allylic oxidation sites excluding steroid dienone is 6. The fraction of sp³-hybridized carbons (Fsp3) is 0.615. The van der Waals surface area contributed by atoms with Gasteiger partial charge in [0.15, 0.2) is 11.6 Å². The van der Waals surface area contributed by atoms with Crippen LogP contribution in [0.4, 0.5) is 0 Å². The molecule has 0 aromatic carbocycles. The molecule has 4 atom stereocenters. The molecule has 31 heavy (non-hydrogen) atoms. The topological polar surface area (TPSA) is 94.8 Å². The summed E-state index contributed by atoms with van der Waals surface area (Å²) in [6, 6.07) is 0. The molecule has 2 aliphatic rings. The molecule has 2 aliphatic carbocycles. The molecule has 0 amide bonds. The number of hydrogen-bond donors (Lipinski definition) is 3. The normalized spacial score (nSPS) is 31.5. The zero-order chi connectivity index (χ0) is 23.9. The molecule has 172 valence electrons. The van der Waals surface area contributed by atoms with Crippen molar-refractivity contribution in [3.05, 3.63) is 46.5 Å². The van der Waals surface area contributed by atoms with Crippen LogP contribution in [-0.4, -0.2) is 32.5 Å². The van der Waals surface area contributed by atoms with Crippen LogP contribution >= 0.6 is 0 Å². The molecule has 3 N–H and O–H groups in total. The summed E-state index contributed by atoms with van der Waals surface area (Å²) in [5.74, 6) is -2.21. The summed E-state index contributed by atoms with van der Waals surface area (Å²) < 4.78 is 0. The Bertz CT molecular complexity index is 879. The highest BCUT2D eigenvalue weighted by atomic mass is 16.3. The fourth-order valence-electron chi connectivity index (χ4n) is 4.67. The van der Waals surface area contributed by atoms with Gasteiger partial charge < -0.3 is 15.3 Å². The number of carbonyl (C=O) groups is 2. The average molecular weight is 431 g/mol. The average Bonchev–Trinajstić information content (AvgIpc) is 2.96. The van der Waals surface area contributed by atoms with Gasteiger partial charge in [0, 0.05) is 11.5 Å². The van der Waals surface area contributed by atoms with Crippen LogP contribution < -0.4 is 0 Å². The van der Waals surface area contributed by atoms with Crippen LogP contribution in [0.15, 0.2) is 46.5 Å². The number of carbonyl (C=O) groups excluding carboxylic acids is 2. The van der Waals surface area contributed by atoms with E-state index >= 15 is 0 Å². The van der Waals surface area contributed by atoms with Gasteiger partial charge in [0.2, 0.25) is 0 Å². The number of hydrogen-bond acceptors (Lipinski definition) is 5. The number of Topliss-reactive ketones (excluding diaryl/α,β-unsaturated/α-hetero) is 2. The monoisotopic (exact) mass is 430 g/mol. The van der Waals surface area contributed by atoms with Gasteiger partial charge in [0.25, 0.3) is 0 Å². The minimum atomic E-state index is -1.34. The number of ketones is 2. The molecule has 0 aliphatic heterocycles. The largest absolute Gasteiger partial charge is 0.511 e. The lowest BCUT2D eigenvalue weighted by Crippen LogP contribution is -2.40. The lowest BCUT2D eigenvalue weighted by atomic mass is 9.68. The third kappa shape index (κ3) is 4.72. The Labute approximate surface area is 186 Å². The van der Waals surface area contributed by atoms with E-state index in [1.165, 1.54) is 0 Å². The molecular formula is C26H38O5. The van der Waals surface area contributed by atoms with E-state index in [1.807, 2.05) is 26.8 Å². The first-order chi connectivity index (χ1) is 14.1. The van der Waals surface area contributed by atoms with Gasteiger partial charge in [-0.3, -0.25) is 9.59 Å². The van der Waals surface area contributed by atoms with Gasteiger partial charge in [-0.1, -0.05) is 37.6 Å². The van der Waals surface area contributed by atoms with Gasteiger partial charge in [-0.05, 0) is 72.1 Å². The van der Waals surface area contributed by atoms with E-state index in [1.54, 1.807) is 27.7 Å². The van der Waals surface area contributed by atoms with E-state index in [0.29, 0.717) is 12.8 Å². The Morgan fingerprint density at radius 3 is 2.26 bits per heavy atom. The molecule has 5 heteroatoms. The second-order valence-corrected chi connectivity index (χ2v) is 10.5. The van der Waals surface area contributed by atoms with Crippen molar-refractivity contribution in [2.24, 2.45) is 23.2 Å². The van der Waals surface area contributed by atoms with Gasteiger partial charge >= 0.3 is 0 Å². The maximum absolute atomic E-state index is 13.4. The summed E-state index contributed by atoms with van der Waals surface area (Å²) in [6.07, 6.45) is 3.48. The van der Waals surface area contributed by atoms with E-state index in [-0.39, 0.29) is 41.6 Å². The number of aliphatic hydroxyl groups is 3. The van der Waals surface area contributed by atoms with Crippen molar-refractivity contribution >= 4 is 11.6 Å². The van der Waals surface area contributed by atoms with Crippen molar-refractivity contribution in [2.45, 2.75) is 79.8 Å². The SMILES string of the molecule is C=C(C)[C@H]1C[C@H](CC2=C(O)C(C)(CC=C(C)C)C(=O)C(C(=O)C(C)C)=C2O)[C@](C)(O)C1. The second kappa shape index (κ2) is 8.78. The molecule has 0 aromatic heterocycles. The molecule has 1 saturated carbocycles. The van der Waals surface area contributed by atoms with Gasteiger partial charge in [0.05, 0.1) is 11.0 Å². The first kappa shape index (κ1) is 25.1. The summed E-state index contributed by atoms with van der Waals surface area (Å²) in [5, 5.41) is 33.2. The Morgan fingerprint density at radius 2 is 1.81 bits per heavy atom. The van der Waals surface area contributed by atoms with Crippen LogP contribution in [0.2, 0.25) is 0 Å². The second-order valence-electron chi connectivity index (χ2n) is 10.5. The van der Waals surface area contributed by atoms with Crippen LogP contribution in [0.25, 0.3) is 0 Å². The molecule has 5 nitrogen and oxygen atoms in total. The fourth-order valence-corrected chi connectivity index (χ4v) is 4.67. The Morgan fingerprint density at radius 1 is 1.23 bits per heavy atom. The maximum Gasteiger partial charge on any atom is 0.183 e. The van der Waals surface area contributed by atoms with E-state index in [9.17, 15) is 24.9 Å². The molecule has 0 spiro atoms. The van der Waals surface area contributed by atoms with Crippen molar-refractivity contribution in [1.82, 2.24) is 0 Å². The lowest BCUT2D eigenvalue weighted by molar-refractivity contribution is -0.128. The van der Waals surface area contributed by atoms with Crippen LogP contribution in [0.3, 0.4) is 0 Å². The first-order valence-electron chi connectivity index (χ1n) is 11.1. The van der Waals surface area contributed by atoms with Crippen LogP contribution in [0.5, 0.6) is 0 Å². The summed E-state index contributed by atoms with van der Waals surface area (Å²) in [7, 11) is 0. The van der Waals surface area contributed by atoms with Crippen LogP contribution in [-0.2, 0) is 9.59 Å². The Kier molecular flexibility index (Phi) is 7.11. The molecule has 1 unspecified atom stereocenters. The predicted octanol–water partition coefficient (Wildman–Crippen LogP) is 5.52. The van der Waals surface area contributed by atoms with Gasteiger partial charge in [-0.2, -0.15) is 0 Å². The highest BCUT2D eigenvalue weighted by molar-refractivity contribution is 6.24. The summed E-state index contributed by atoms with van der Waals surface area (Å²) in [4.78, 5) is 26.2. The van der Waals surface area contributed by atoms with E-state index in [2.05, 4.69) is 6.58 Å². The van der Waals surface area contributed by atoms with Crippen LogP contribution in [0.1, 0.15) is 74.1 Å². The minimum absolute atomic E-state index is 0.146. The quantitative estimate of drug-likeness (QED) is 0.365. The van der Waals surface area contributed by atoms with Crippen molar-refractivity contribution in [2.75, 3.05) is 0 Å². The zero-order valence-corrected chi connectivity index (χ0v) is 20.0. The van der Waals surface area contributed by atoms with Crippen molar-refractivity contribution in [3.8, 4) is 0 Å². The van der Waals surface area contributed by atoms with Gasteiger partial charge in [0.1, 0.15) is 17.1 Å². The molecule has 1 fully saturated rings. The van der Waals surface area contributed by atoms with Crippen molar-refractivity contribution < 1.29 is 24.9 Å². The number of rotatable bonds is 7. The molecule has 0 saturated heterocycles. The third-order valence-corrected chi connectivity index (χ3v) is 7.00. The molecule has 0 aromatic rings. The summed E-state index contributed by atoms with van der Waals surface area (Å²) in [5.41, 5.74) is -0.401. The van der Waals surface area contributed by atoms with Gasteiger partial charge in [-0.25, -0.2) is 0 Å². The van der Waals surface area contributed by atoms with E-state index < -0.39 is 34.3 Å².